The molecule has 6 nitrogen and oxygen atoms in total. The zero-order valence-corrected chi connectivity index (χ0v) is 15.6. The Labute approximate surface area is 159 Å². The summed E-state index contributed by atoms with van der Waals surface area (Å²) >= 11 is 0. The highest BCUT2D eigenvalue weighted by molar-refractivity contribution is 6.03. The molecule has 0 N–H and O–H groups in total. The third-order valence-electron chi connectivity index (χ3n) is 4.43. The molecule has 6 heteroatoms. The standard InChI is InChI=1S/C21H24N2O4/c1-25-18-10-8-16(14-19(18)26-2)9-11-21(24)23(15-17-6-5-13-27-17)20-7-3-4-12-22-20/h3-4,7-12,14,17H,5-6,13,15H2,1-2H3/b11-9+. The summed E-state index contributed by atoms with van der Waals surface area (Å²) in [7, 11) is 3.17. The van der Waals surface area contributed by atoms with E-state index < -0.39 is 0 Å². The van der Waals surface area contributed by atoms with E-state index >= 15 is 0 Å². The Bertz CT molecular complexity index is 786. The van der Waals surface area contributed by atoms with E-state index in [0.29, 0.717) is 23.9 Å². The van der Waals surface area contributed by atoms with E-state index in [1.165, 1.54) is 0 Å². The average Bonchev–Trinajstić information content (AvgIpc) is 3.24. The van der Waals surface area contributed by atoms with Gasteiger partial charge in [-0.05, 0) is 48.7 Å². The van der Waals surface area contributed by atoms with Crippen LogP contribution in [0.3, 0.4) is 0 Å². The molecule has 1 aliphatic rings. The van der Waals surface area contributed by atoms with Gasteiger partial charge in [0.25, 0.3) is 5.91 Å². The number of anilines is 1. The first kappa shape index (κ1) is 18.9. The zero-order valence-electron chi connectivity index (χ0n) is 15.6. The molecule has 27 heavy (non-hydrogen) atoms. The summed E-state index contributed by atoms with van der Waals surface area (Å²) in [5.74, 6) is 1.75. The van der Waals surface area contributed by atoms with Crippen LogP contribution < -0.4 is 14.4 Å². The quantitative estimate of drug-likeness (QED) is 0.702. The Hall–Kier alpha value is -2.86. The van der Waals surface area contributed by atoms with Gasteiger partial charge in [-0.1, -0.05) is 12.1 Å². The lowest BCUT2D eigenvalue weighted by molar-refractivity contribution is -0.114. The number of rotatable bonds is 7. The Kier molecular flexibility index (Phi) is 6.44. The fraction of sp³-hybridized carbons (Fsp3) is 0.333. The molecule has 0 radical (unpaired) electrons. The number of pyridine rings is 1. The minimum Gasteiger partial charge on any atom is -0.493 e. The Balaban J connectivity index is 1.78. The van der Waals surface area contributed by atoms with Crippen LogP contribution in [-0.4, -0.2) is 44.4 Å². The summed E-state index contributed by atoms with van der Waals surface area (Å²) in [6.45, 7) is 1.24. The summed E-state index contributed by atoms with van der Waals surface area (Å²) < 4.78 is 16.2. The van der Waals surface area contributed by atoms with E-state index in [1.54, 1.807) is 37.5 Å². The summed E-state index contributed by atoms with van der Waals surface area (Å²) in [5.41, 5.74) is 0.846. The number of hydrogen-bond donors (Lipinski definition) is 0. The van der Waals surface area contributed by atoms with Crippen molar-refractivity contribution in [2.75, 3.05) is 32.3 Å². The predicted octanol–water partition coefficient (Wildman–Crippen LogP) is 3.32. The van der Waals surface area contributed by atoms with Crippen molar-refractivity contribution in [3.63, 3.8) is 0 Å². The number of aromatic nitrogens is 1. The van der Waals surface area contributed by atoms with Crippen LogP contribution in [0.2, 0.25) is 0 Å². The Morgan fingerprint density at radius 2 is 2.11 bits per heavy atom. The smallest absolute Gasteiger partial charge is 0.252 e. The van der Waals surface area contributed by atoms with Gasteiger partial charge in [0.05, 0.1) is 26.9 Å². The first-order chi connectivity index (χ1) is 13.2. The summed E-state index contributed by atoms with van der Waals surface area (Å²) in [6.07, 6.45) is 7.02. The fourth-order valence-corrected chi connectivity index (χ4v) is 3.02. The number of nitrogens with zero attached hydrogens (tertiary/aromatic N) is 2. The monoisotopic (exact) mass is 368 g/mol. The van der Waals surface area contributed by atoms with Crippen LogP contribution in [-0.2, 0) is 9.53 Å². The van der Waals surface area contributed by atoms with E-state index in [1.807, 2.05) is 36.4 Å². The van der Waals surface area contributed by atoms with Gasteiger partial charge >= 0.3 is 0 Å². The van der Waals surface area contributed by atoms with Crippen LogP contribution in [0.1, 0.15) is 18.4 Å². The lowest BCUT2D eigenvalue weighted by Gasteiger charge is -2.23. The van der Waals surface area contributed by atoms with Gasteiger partial charge in [0.1, 0.15) is 5.82 Å². The summed E-state index contributed by atoms with van der Waals surface area (Å²) in [4.78, 5) is 18.9. The average molecular weight is 368 g/mol. The number of carbonyl (C=O) groups is 1. The molecule has 1 atom stereocenters. The lowest BCUT2D eigenvalue weighted by atomic mass is 10.1. The maximum atomic E-state index is 12.9. The number of methoxy groups -OCH3 is 2. The molecule has 0 saturated carbocycles. The summed E-state index contributed by atoms with van der Waals surface area (Å²) in [5, 5.41) is 0. The molecular weight excluding hydrogens is 344 g/mol. The molecule has 142 valence electrons. The number of amides is 1. The number of ether oxygens (including phenoxy) is 3. The summed E-state index contributed by atoms with van der Waals surface area (Å²) in [6, 6.07) is 11.0. The van der Waals surface area contributed by atoms with E-state index in [9.17, 15) is 4.79 Å². The number of benzene rings is 1. The van der Waals surface area contributed by atoms with Crippen molar-refractivity contribution in [3.05, 3.63) is 54.2 Å². The highest BCUT2D eigenvalue weighted by atomic mass is 16.5. The molecule has 1 amide bonds. The Morgan fingerprint density at radius 1 is 1.26 bits per heavy atom. The number of hydrogen-bond acceptors (Lipinski definition) is 5. The molecule has 0 spiro atoms. The van der Waals surface area contributed by atoms with Crippen molar-refractivity contribution in [2.45, 2.75) is 18.9 Å². The second kappa shape index (κ2) is 9.19. The molecule has 0 aliphatic carbocycles. The largest absolute Gasteiger partial charge is 0.493 e. The van der Waals surface area contributed by atoms with Crippen LogP contribution in [0.25, 0.3) is 6.08 Å². The third-order valence-corrected chi connectivity index (χ3v) is 4.43. The van der Waals surface area contributed by atoms with Crippen molar-refractivity contribution < 1.29 is 19.0 Å². The van der Waals surface area contributed by atoms with Crippen LogP contribution in [0.5, 0.6) is 11.5 Å². The molecule has 1 aromatic carbocycles. The topological polar surface area (TPSA) is 60.9 Å². The molecule has 0 bridgehead atoms. The number of carbonyl (C=O) groups excluding carboxylic acids is 1. The normalized spacial score (nSPS) is 16.4. The zero-order chi connectivity index (χ0) is 19.1. The molecule has 1 unspecified atom stereocenters. The SMILES string of the molecule is COc1ccc(/C=C/C(=O)N(CC2CCCO2)c2ccccn2)cc1OC. The fourth-order valence-electron chi connectivity index (χ4n) is 3.02. The molecule has 3 rings (SSSR count). The van der Waals surface area contributed by atoms with E-state index in [2.05, 4.69) is 4.98 Å². The van der Waals surface area contributed by atoms with E-state index in [4.69, 9.17) is 14.2 Å². The second-order valence-corrected chi connectivity index (χ2v) is 6.22. The van der Waals surface area contributed by atoms with Gasteiger partial charge in [0, 0.05) is 18.9 Å². The van der Waals surface area contributed by atoms with Crippen LogP contribution in [0.4, 0.5) is 5.82 Å². The maximum absolute atomic E-state index is 12.9. The first-order valence-corrected chi connectivity index (χ1v) is 8.95. The third kappa shape index (κ3) is 4.86. The van der Waals surface area contributed by atoms with Gasteiger partial charge in [-0.2, -0.15) is 0 Å². The highest BCUT2D eigenvalue weighted by Gasteiger charge is 2.23. The highest BCUT2D eigenvalue weighted by Crippen LogP contribution is 2.28. The predicted molar refractivity (Wildman–Crippen MR) is 104 cm³/mol. The van der Waals surface area contributed by atoms with Crippen molar-refractivity contribution in [1.82, 2.24) is 4.98 Å². The maximum Gasteiger partial charge on any atom is 0.252 e. The van der Waals surface area contributed by atoms with Gasteiger partial charge in [-0.25, -0.2) is 4.98 Å². The lowest BCUT2D eigenvalue weighted by Crippen LogP contribution is -2.37. The van der Waals surface area contributed by atoms with E-state index in [0.717, 1.165) is 25.0 Å². The minimum absolute atomic E-state index is 0.0467. The first-order valence-electron chi connectivity index (χ1n) is 8.95. The van der Waals surface area contributed by atoms with Crippen molar-refractivity contribution in [1.29, 1.82) is 0 Å². The molecular formula is C21H24N2O4. The van der Waals surface area contributed by atoms with Crippen LogP contribution in [0.15, 0.2) is 48.7 Å². The Morgan fingerprint density at radius 3 is 2.78 bits per heavy atom. The van der Waals surface area contributed by atoms with Crippen LogP contribution in [0, 0.1) is 0 Å². The molecule has 1 aliphatic heterocycles. The second-order valence-electron chi connectivity index (χ2n) is 6.22. The van der Waals surface area contributed by atoms with Crippen molar-refractivity contribution in [3.8, 4) is 11.5 Å². The van der Waals surface area contributed by atoms with Crippen molar-refractivity contribution >= 4 is 17.8 Å². The molecule has 1 saturated heterocycles. The molecule has 2 aromatic rings. The molecule has 2 heterocycles. The van der Waals surface area contributed by atoms with Gasteiger partial charge in [-0.3, -0.25) is 9.69 Å². The van der Waals surface area contributed by atoms with E-state index in [-0.39, 0.29) is 12.0 Å². The van der Waals surface area contributed by atoms with Gasteiger partial charge in [0.15, 0.2) is 11.5 Å². The molecule has 1 fully saturated rings. The molecule has 1 aromatic heterocycles. The van der Waals surface area contributed by atoms with Gasteiger partial charge in [-0.15, -0.1) is 0 Å². The van der Waals surface area contributed by atoms with Gasteiger partial charge < -0.3 is 14.2 Å². The van der Waals surface area contributed by atoms with Crippen LogP contribution >= 0.6 is 0 Å². The van der Waals surface area contributed by atoms with Gasteiger partial charge in [0.2, 0.25) is 0 Å². The van der Waals surface area contributed by atoms with Crippen molar-refractivity contribution in [2.24, 2.45) is 0 Å². The minimum atomic E-state index is -0.140.